The molecule has 0 unspecified atom stereocenters. The molecule has 0 aliphatic rings. The molecule has 0 aliphatic carbocycles. The molecule has 278 valence electrons. The molecule has 0 spiro atoms. The lowest BCUT2D eigenvalue weighted by molar-refractivity contribution is 0.617. The minimum absolute atomic E-state index is 0.456. The van der Waals surface area contributed by atoms with E-state index in [0.717, 1.165) is 72.0 Å². The number of aromatic nitrogens is 8. The molecular weight excluding hydrogens is 733 g/mol. The third-order valence-corrected chi connectivity index (χ3v) is 10.8. The van der Waals surface area contributed by atoms with Gasteiger partial charge in [0.05, 0.1) is 22.1 Å². The number of benzene rings is 7. The summed E-state index contributed by atoms with van der Waals surface area (Å²) in [6, 6.07) is 54.5. The lowest BCUT2D eigenvalue weighted by atomic mass is 10.0. The summed E-state index contributed by atoms with van der Waals surface area (Å²) in [6.45, 7) is 0. The van der Waals surface area contributed by atoms with Gasteiger partial charge >= 0.3 is 0 Å². The van der Waals surface area contributed by atoms with Gasteiger partial charge in [0.15, 0.2) is 22.8 Å². The molecule has 0 radical (unpaired) electrons. The average molecular weight is 763 g/mol. The molecule has 0 saturated heterocycles. The van der Waals surface area contributed by atoms with Gasteiger partial charge in [-0.05, 0) is 72.8 Å². The summed E-state index contributed by atoms with van der Waals surface area (Å²) in [5, 5.41) is 2.21. The minimum Gasteiger partial charge on any atom is -0.436 e. The van der Waals surface area contributed by atoms with Crippen LogP contribution in [0.15, 0.2) is 173 Å². The highest BCUT2D eigenvalue weighted by Gasteiger charge is 2.21. The number of fused-ring (bicyclic) bond motifs is 6. The third kappa shape index (κ3) is 5.42. The number of rotatable bonds is 6. The first-order chi connectivity index (χ1) is 29.1. The largest absolute Gasteiger partial charge is 0.436 e. The van der Waals surface area contributed by atoms with Gasteiger partial charge in [-0.3, -0.25) is 4.57 Å². The van der Waals surface area contributed by atoms with E-state index < -0.39 is 0 Å². The summed E-state index contributed by atoms with van der Waals surface area (Å²) in [4.78, 5) is 30.5. The predicted octanol–water partition coefficient (Wildman–Crippen LogP) is 11.5. The van der Waals surface area contributed by atoms with E-state index in [1.807, 2.05) is 116 Å². The van der Waals surface area contributed by atoms with E-state index in [1.165, 1.54) is 0 Å². The maximum Gasteiger partial charge on any atom is 0.238 e. The van der Waals surface area contributed by atoms with Crippen molar-refractivity contribution in [2.24, 2.45) is 7.05 Å². The zero-order chi connectivity index (χ0) is 39.0. The number of hydrogen-bond donors (Lipinski definition) is 0. The van der Waals surface area contributed by atoms with Crippen LogP contribution in [0.3, 0.4) is 0 Å². The Kier molecular flexibility index (Phi) is 7.21. The highest BCUT2D eigenvalue weighted by Crippen LogP contribution is 2.37. The Bertz CT molecular complexity index is 3390. The molecule has 59 heavy (non-hydrogen) atoms. The van der Waals surface area contributed by atoms with E-state index in [4.69, 9.17) is 38.7 Å². The van der Waals surface area contributed by atoms with Crippen LogP contribution in [-0.2, 0) is 7.05 Å². The van der Waals surface area contributed by atoms with Crippen molar-refractivity contribution in [3.8, 4) is 63.0 Å². The molecule has 10 heteroatoms. The lowest BCUT2D eigenvalue weighted by Crippen LogP contribution is -2.06. The van der Waals surface area contributed by atoms with Crippen LogP contribution >= 0.6 is 0 Å². The van der Waals surface area contributed by atoms with E-state index in [9.17, 15) is 0 Å². The van der Waals surface area contributed by atoms with Gasteiger partial charge in [0.25, 0.3) is 0 Å². The first kappa shape index (κ1) is 33.0. The summed E-state index contributed by atoms with van der Waals surface area (Å²) in [6.07, 6.45) is 0. The quantitative estimate of drug-likeness (QED) is 0.164. The Labute approximate surface area is 335 Å². The van der Waals surface area contributed by atoms with Gasteiger partial charge in [-0.2, -0.15) is 9.97 Å². The van der Waals surface area contributed by atoms with Gasteiger partial charge in [-0.25, -0.2) is 19.9 Å². The number of hydrogen-bond acceptors (Lipinski definition) is 8. The first-order valence-corrected chi connectivity index (χ1v) is 19.3. The SMILES string of the molecule is Cn1c(-c2ccccc2)nc2ccc(-c3nc(-c4cc(-c5nc6ccccc6o5)cc(-c5nc6ccccc6o5)c4)nc(-n4c5ccccc5c5ccccc54)n3)cc21. The van der Waals surface area contributed by atoms with Crippen molar-refractivity contribution in [3.63, 3.8) is 0 Å². The van der Waals surface area contributed by atoms with Gasteiger partial charge < -0.3 is 13.4 Å². The van der Waals surface area contributed by atoms with Crippen LogP contribution < -0.4 is 0 Å². The summed E-state index contributed by atoms with van der Waals surface area (Å²) in [5.74, 6) is 3.23. The van der Waals surface area contributed by atoms with Gasteiger partial charge in [0.2, 0.25) is 17.7 Å². The number of nitrogens with zero attached hydrogens (tertiary/aromatic N) is 8. The monoisotopic (exact) mass is 762 g/mol. The Morgan fingerprint density at radius 1 is 0.390 bits per heavy atom. The molecule has 12 rings (SSSR count). The molecule has 0 N–H and O–H groups in total. The van der Waals surface area contributed by atoms with Crippen LogP contribution in [0.5, 0.6) is 0 Å². The fourth-order valence-electron chi connectivity index (χ4n) is 8.03. The van der Waals surface area contributed by atoms with Crippen molar-refractivity contribution in [2.45, 2.75) is 0 Å². The van der Waals surface area contributed by atoms with Crippen LogP contribution in [0.4, 0.5) is 0 Å². The number of oxazole rings is 2. The predicted molar refractivity (Wildman–Crippen MR) is 231 cm³/mol. The number of aryl methyl sites for hydroxylation is 1. The first-order valence-electron chi connectivity index (χ1n) is 19.3. The van der Waals surface area contributed by atoms with Crippen molar-refractivity contribution in [3.05, 3.63) is 164 Å². The fraction of sp³-hybridized carbons (Fsp3) is 0.0204. The van der Waals surface area contributed by atoms with E-state index in [-0.39, 0.29) is 0 Å². The van der Waals surface area contributed by atoms with Crippen LogP contribution in [0.25, 0.3) is 118 Å². The van der Waals surface area contributed by atoms with E-state index in [2.05, 4.69) is 63.7 Å². The molecule has 7 aromatic carbocycles. The second kappa shape index (κ2) is 12.9. The smallest absolute Gasteiger partial charge is 0.238 e. The molecule has 12 aromatic rings. The summed E-state index contributed by atoms with van der Waals surface area (Å²) in [7, 11) is 2.04. The number of imidazole rings is 1. The molecule has 0 amide bonds. The van der Waals surface area contributed by atoms with Crippen molar-refractivity contribution in [1.29, 1.82) is 0 Å². The Balaban J connectivity index is 1.11. The summed E-state index contributed by atoms with van der Waals surface area (Å²) in [5.41, 5.74) is 10.7. The normalized spacial score (nSPS) is 11.8. The van der Waals surface area contributed by atoms with Crippen LogP contribution in [0.1, 0.15) is 0 Å². The summed E-state index contributed by atoms with van der Waals surface area (Å²) < 4.78 is 16.9. The van der Waals surface area contributed by atoms with Crippen molar-refractivity contribution in [2.75, 3.05) is 0 Å². The van der Waals surface area contributed by atoms with E-state index in [1.54, 1.807) is 0 Å². The lowest BCUT2D eigenvalue weighted by Gasteiger charge is -2.12. The highest BCUT2D eigenvalue weighted by atomic mass is 16.4. The molecule has 0 bridgehead atoms. The standard InChI is InChI=1S/C49H30N8O2/c1-56-41-28-30(23-24-36(41)50-46(56)29-13-3-2-4-14-29)44-53-45(55-49(54-44)57-39-19-9-5-15-34(39)35-16-6-10-20-40(35)57)31-25-32(47-51-37-17-7-11-21-42(37)58-47)27-33(26-31)48-52-38-18-8-12-22-43(38)59-48/h2-28H,1H3. The molecule has 0 atom stereocenters. The average Bonchev–Trinajstić information content (AvgIpc) is 4.08. The van der Waals surface area contributed by atoms with Gasteiger partial charge in [0, 0.05) is 45.6 Å². The van der Waals surface area contributed by atoms with Crippen LogP contribution in [0.2, 0.25) is 0 Å². The van der Waals surface area contributed by atoms with Crippen LogP contribution in [-0.4, -0.2) is 39.0 Å². The summed E-state index contributed by atoms with van der Waals surface area (Å²) >= 11 is 0. The maximum absolute atomic E-state index is 6.33. The third-order valence-electron chi connectivity index (χ3n) is 10.8. The fourth-order valence-corrected chi connectivity index (χ4v) is 8.03. The zero-order valence-corrected chi connectivity index (χ0v) is 31.5. The van der Waals surface area contributed by atoms with Crippen molar-refractivity contribution in [1.82, 2.24) is 39.0 Å². The molecule has 0 saturated carbocycles. The second-order valence-corrected chi connectivity index (χ2v) is 14.5. The van der Waals surface area contributed by atoms with E-state index in [0.29, 0.717) is 46.1 Å². The Hall–Kier alpha value is -8.24. The molecule has 0 fully saturated rings. The van der Waals surface area contributed by atoms with Gasteiger partial charge in [-0.15, -0.1) is 0 Å². The zero-order valence-electron chi connectivity index (χ0n) is 31.5. The molecule has 5 heterocycles. The van der Waals surface area contributed by atoms with Gasteiger partial charge in [-0.1, -0.05) is 91.0 Å². The Morgan fingerprint density at radius 2 is 0.932 bits per heavy atom. The molecule has 5 aromatic heterocycles. The second-order valence-electron chi connectivity index (χ2n) is 14.5. The minimum atomic E-state index is 0.456. The Morgan fingerprint density at radius 3 is 1.56 bits per heavy atom. The molecule has 10 nitrogen and oxygen atoms in total. The topological polar surface area (TPSA) is 113 Å². The van der Waals surface area contributed by atoms with Gasteiger partial charge in [0.1, 0.15) is 16.9 Å². The molecule has 0 aliphatic heterocycles. The van der Waals surface area contributed by atoms with Crippen molar-refractivity contribution < 1.29 is 8.83 Å². The highest BCUT2D eigenvalue weighted by molar-refractivity contribution is 6.09. The van der Waals surface area contributed by atoms with E-state index >= 15 is 0 Å². The maximum atomic E-state index is 6.33. The number of para-hydroxylation sites is 6. The van der Waals surface area contributed by atoms with Crippen LogP contribution in [0, 0.1) is 0 Å². The molecular formula is C49H30N8O2. The van der Waals surface area contributed by atoms with Crippen molar-refractivity contribution >= 4 is 55.0 Å².